The summed E-state index contributed by atoms with van der Waals surface area (Å²) in [4.78, 5) is 14.3. The molecule has 1 N–H and O–H groups in total. The molecule has 1 amide bonds. The molecular weight excluding hydrogens is 298 g/mol. The Labute approximate surface area is 138 Å². The van der Waals surface area contributed by atoms with Gasteiger partial charge in [-0.05, 0) is 51.4 Å². The molecule has 6 heteroatoms. The number of amides is 1. The summed E-state index contributed by atoms with van der Waals surface area (Å²) in [6.45, 7) is 2.16. The van der Waals surface area contributed by atoms with Crippen LogP contribution in [0, 0.1) is 5.92 Å². The van der Waals surface area contributed by atoms with Gasteiger partial charge in [-0.25, -0.2) is 0 Å². The first-order valence-corrected chi connectivity index (χ1v) is 9.09. The van der Waals surface area contributed by atoms with Crippen molar-refractivity contribution in [3.05, 3.63) is 0 Å². The number of aliphatic hydroxyl groups is 1. The first-order valence-electron chi connectivity index (χ1n) is 9.09. The molecule has 0 spiro atoms. The Morgan fingerprint density at radius 1 is 1.09 bits per heavy atom. The molecule has 0 aromatic rings. The third kappa shape index (κ3) is 4.05. The van der Waals surface area contributed by atoms with Crippen molar-refractivity contribution in [2.75, 3.05) is 26.4 Å². The van der Waals surface area contributed by atoms with E-state index in [1.165, 1.54) is 0 Å². The molecule has 0 aliphatic carbocycles. The number of likely N-dealkylation sites (tertiary alicyclic amines) is 1. The zero-order valence-electron chi connectivity index (χ0n) is 13.8. The van der Waals surface area contributed by atoms with Crippen LogP contribution in [0.1, 0.15) is 51.4 Å². The Hall–Kier alpha value is -0.690. The van der Waals surface area contributed by atoms with E-state index in [1.807, 2.05) is 4.90 Å². The average molecular weight is 327 g/mol. The number of nitrogens with zero attached hydrogens (tertiary/aromatic N) is 1. The fraction of sp³-hybridized carbons (Fsp3) is 0.941. The number of β-lactam (4-membered cyclic amide) rings is 1. The summed E-state index contributed by atoms with van der Waals surface area (Å²) in [6.07, 6.45) is 7.48. The Balaban J connectivity index is 1.50. The van der Waals surface area contributed by atoms with Crippen LogP contribution < -0.4 is 0 Å². The average Bonchev–Trinajstić information content (AvgIpc) is 2.60. The Kier molecular flexibility index (Phi) is 6.28. The highest BCUT2D eigenvalue weighted by Crippen LogP contribution is 2.36. The van der Waals surface area contributed by atoms with Crippen LogP contribution in [0.25, 0.3) is 0 Å². The third-order valence-corrected chi connectivity index (χ3v) is 5.15. The van der Waals surface area contributed by atoms with E-state index in [-0.39, 0.29) is 37.0 Å². The Bertz CT molecular complexity index is 379. The monoisotopic (exact) mass is 327 g/mol. The van der Waals surface area contributed by atoms with Gasteiger partial charge in [0.05, 0.1) is 12.5 Å². The largest absolute Gasteiger partial charge is 0.396 e. The molecule has 0 radical (unpaired) electrons. The van der Waals surface area contributed by atoms with E-state index < -0.39 is 0 Å². The third-order valence-electron chi connectivity index (χ3n) is 5.15. The maximum Gasteiger partial charge on any atom is 0.230 e. The summed E-state index contributed by atoms with van der Waals surface area (Å²) in [5.74, 6) is 0.0475. The van der Waals surface area contributed by atoms with Gasteiger partial charge in [-0.15, -0.1) is 0 Å². The van der Waals surface area contributed by atoms with Crippen LogP contribution in [0.4, 0.5) is 0 Å². The predicted molar refractivity (Wildman–Crippen MR) is 83.6 cm³/mol. The van der Waals surface area contributed by atoms with E-state index in [9.17, 15) is 9.90 Å². The van der Waals surface area contributed by atoms with E-state index in [4.69, 9.17) is 14.2 Å². The number of rotatable bonds is 7. The molecule has 0 bridgehead atoms. The van der Waals surface area contributed by atoms with Crippen molar-refractivity contribution in [2.24, 2.45) is 5.92 Å². The maximum absolute atomic E-state index is 12.4. The van der Waals surface area contributed by atoms with Crippen molar-refractivity contribution in [1.82, 2.24) is 4.90 Å². The topological polar surface area (TPSA) is 68.2 Å². The van der Waals surface area contributed by atoms with Crippen molar-refractivity contribution in [2.45, 2.75) is 69.9 Å². The second-order valence-electron chi connectivity index (χ2n) is 6.71. The summed E-state index contributed by atoms with van der Waals surface area (Å²) < 4.78 is 17.2. The summed E-state index contributed by atoms with van der Waals surface area (Å²) in [5.41, 5.74) is 0. The van der Waals surface area contributed by atoms with Crippen LogP contribution in [0.3, 0.4) is 0 Å². The minimum atomic E-state index is -0.0878. The van der Waals surface area contributed by atoms with Crippen LogP contribution in [-0.4, -0.2) is 60.9 Å². The quantitative estimate of drug-likeness (QED) is 0.720. The molecule has 4 unspecified atom stereocenters. The van der Waals surface area contributed by atoms with Gasteiger partial charge in [0.25, 0.3) is 0 Å². The van der Waals surface area contributed by atoms with Crippen molar-refractivity contribution >= 4 is 5.91 Å². The fourth-order valence-electron chi connectivity index (χ4n) is 3.89. The lowest BCUT2D eigenvalue weighted by atomic mass is 9.82. The van der Waals surface area contributed by atoms with Gasteiger partial charge in [-0.3, -0.25) is 4.79 Å². The molecule has 3 heterocycles. The second kappa shape index (κ2) is 8.42. The number of carbonyl (C=O) groups excluding carboxylic acids is 1. The number of aliphatic hydroxyl groups excluding tert-OH is 1. The molecule has 3 aliphatic heterocycles. The van der Waals surface area contributed by atoms with Crippen molar-refractivity contribution in [3.8, 4) is 0 Å². The molecule has 3 aliphatic rings. The van der Waals surface area contributed by atoms with E-state index in [1.54, 1.807) is 0 Å². The van der Waals surface area contributed by atoms with Gasteiger partial charge < -0.3 is 24.2 Å². The standard InChI is InChI=1S/C17H29NO5/c19-9-7-13-14(8-12-23-16-6-2-4-11-22-16)18(17(13)20)15-5-1-3-10-21-15/h13-16,19H,1-12H2. The fourth-order valence-corrected chi connectivity index (χ4v) is 3.89. The molecule has 132 valence electrons. The van der Waals surface area contributed by atoms with Gasteiger partial charge in [0.2, 0.25) is 5.91 Å². The summed E-state index contributed by atoms with van der Waals surface area (Å²) >= 11 is 0. The highest BCUT2D eigenvalue weighted by molar-refractivity contribution is 5.86. The van der Waals surface area contributed by atoms with Crippen LogP contribution >= 0.6 is 0 Å². The van der Waals surface area contributed by atoms with Gasteiger partial charge in [-0.2, -0.15) is 0 Å². The van der Waals surface area contributed by atoms with Gasteiger partial charge in [-0.1, -0.05) is 0 Å². The molecule has 6 nitrogen and oxygen atoms in total. The zero-order chi connectivity index (χ0) is 16.1. The minimum Gasteiger partial charge on any atom is -0.396 e. The van der Waals surface area contributed by atoms with Gasteiger partial charge >= 0.3 is 0 Å². The van der Waals surface area contributed by atoms with Crippen LogP contribution in [-0.2, 0) is 19.0 Å². The molecule has 4 atom stereocenters. The number of hydrogen-bond donors (Lipinski definition) is 1. The highest BCUT2D eigenvalue weighted by Gasteiger charge is 2.49. The lowest BCUT2D eigenvalue weighted by Crippen LogP contribution is -2.65. The first kappa shape index (κ1) is 17.1. The number of ether oxygens (including phenoxy) is 3. The first-order chi connectivity index (χ1) is 11.3. The van der Waals surface area contributed by atoms with Crippen LogP contribution in [0.15, 0.2) is 0 Å². The molecule has 0 saturated carbocycles. The van der Waals surface area contributed by atoms with Crippen LogP contribution in [0.2, 0.25) is 0 Å². The van der Waals surface area contributed by atoms with Crippen molar-refractivity contribution < 1.29 is 24.1 Å². The van der Waals surface area contributed by atoms with Crippen molar-refractivity contribution in [1.29, 1.82) is 0 Å². The number of carbonyl (C=O) groups is 1. The van der Waals surface area contributed by atoms with E-state index >= 15 is 0 Å². The highest BCUT2D eigenvalue weighted by atomic mass is 16.7. The lowest BCUT2D eigenvalue weighted by molar-refractivity contribution is -0.197. The van der Waals surface area contributed by atoms with Gasteiger partial charge in [0, 0.05) is 25.9 Å². The van der Waals surface area contributed by atoms with E-state index in [0.29, 0.717) is 13.0 Å². The SMILES string of the molecule is O=C1C(CCO)C(CCOC2CCCCO2)N1C1CCCCO1. The van der Waals surface area contributed by atoms with Crippen molar-refractivity contribution in [3.63, 3.8) is 0 Å². The Morgan fingerprint density at radius 3 is 2.52 bits per heavy atom. The van der Waals surface area contributed by atoms with Crippen LogP contribution in [0.5, 0.6) is 0 Å². The normalized spacial score (nSPS) is 35.2. The Morgan fingerprint density at radius 2 is 1.87 bits per heavy atom. The molecule has 0 aromatic heterocycles. The molecule has 3 saturated heterocycles. The predicted octanol–water partition coefficient (Wildman–Crippen LogP) is 1.66. The zero-order valence-corrected chi connectivity index (χ0v) is 13.8. The minimum absolute atomic E-state index is 0.0544. The molecule has 3 rings (SSSR count). The summed E-state index contributed by atoms with van der Waals surface area (Å²) in [7, 11) is 0. The summed E-state index contributed by atoms with van der Waals surface area (Å²) in [6, 6.07) is 0.126. The van der Waals surface area contributed by atoms with Gasteiger partial charge in [0.1, 0.15) is 6.23 Å². The summed E-state index contributed by atoms with van der Waals surface area (Å²) in [5, 5.41) is 9.21. The molecule has 0 aromatic carbocycles. The molecular formula is C17H29NO5. The maximum atomic E-state index is 12.4. The molecule has 23 heavy (non-hydrogen) atoms. The van der Waals surface area contributed by atoms with E-state index in [2.05, 4.69) is 0 Å². The lowest BCUT2D eigenvalue weighted by Gasteiger charge is -2.51. The van der Waals surface area contributed by atoms with Gasteiger partial charge in [0.15, 0.2) is 6.29 Å². The molecule has 3 fully saturated rings. The smallest absolute Gasteiger partial charge is 0.230 e. The number of hydrogen-bond acceptors (Lipinski definition) is 5. The van der Waals surface area contributed by atoms with E-state index in [0.717, 1.165) is 58.2 Å². The second-order valence-corrected chi connectivity index (χ2v) is 6.71.